The molecule has 1 heterocycles. The Morgan fingerprint density at radius 2 is 1.79 bits per heavy atom. The van der Waals surface area contributed by atoms with E-state index >= 15 is 4.39 Å². The number of carbonyl (C=O) groups excluding carboxylic acids is 1. The summed E-state index contributed by atoms with van der Waals surface area (Å²) in [5.74, 6) is -1.67. The number of aromatic nitrogens is 2. The average Bonchev–Trinajstić information content (AvgIpc) is 3.78. The summed E-state index contributed by atoms with van der Waals surface area (Å²) in [5, 5.41) is 7.30. The molecule has 39 heavy (non-hydrogen) atoms. The van der Waals surface area contributed by atoms with Crippen LogP contribution in [0.2, 0.25) is 0 Å². The Hall–Kier alpha value is -3.15. The van der Waals surface area contributed by atoms with Crippen LogP contribution in [0.1, 0.15) is 52.5 Å². The van der Waals surface area contributed by atoms with Crippen LogP contribution in [-0.4, -0.2) is 58.6 Å². The number of nitrogens with one attached hydrogen (secondary N) is 1. The van der Waals surface area contributed by atoms with Gasteiger partial charge in [-0.1, -0.05) is 52.0 Å². The predicted molar refractivity (Wildman–Crippen MR) is 152 cm³/mol. The Morgan fingerprint density at radius 3 is 2.33 bits per heavy atom. The van der Waals surface area contributed by atoms with Gasteiger partial charge in [-0.05, 0) is 49.6 Å². The molecular weight excluding hydrogens is 523 g/mol. The number of fused-ring (bicyclic) bond motifs is 1. The summed E-state index contributed by atoms with van der Waals surface area (Å²) in [4.78, 5) is 31.1. The number of halogens is 1. The molecule has 1 aliphatic carbocycles. The minimum absolute atomic E-state index is 0.0407. The molecular formula is C28H39FN4O5S. The Bertz CT molecular complexity index is 1420. The van der Waals surface area contributed by atoms with E-state index < -0.39 is 32.4 Å². The van der Waals surface area contributed by atoms with E-state index in [-0.39, 0.29) is 18.4 Å². The molecule has 1 saturated carbocycles. The fraction of sp³-hybridized carbons (Fsp3) is 0.464. The number of aryl methyl sites for hydroxylation is 1. The van der Waals surface area contributed by atoms with Gasteiger partial charge in [-0.25, -0.2) is 23.3 Å². The van der Waals surface area contributed by atoms with Crippen molar-refractivity contribution in [3.63, 3.8) is 0 Å². The molecule has 214 valence electrons. The summed E-state index contributed by atoms with van der Waals surface area (Å²) < 4.78 is 39.8. The summed E-state index contributed by atoms with van der Waals surface area (Å²) in [6, 6.07) is 10.9. The molecule has 9 nitrogen and oxygen atoms in total. The number of hydroxylamine groups is 1. The van der Waals surface area contributed by atoms with Gasteiger partial charge < -0.3 is 0 Å². The highest BCUT2D eigenvalue weighted by molar-refractivity contribution is 7.92. The maximum Gasteiger partial charge on any atom is 0.261 e. The van der Waals surface area contributed by atoms with Crippen LogP contribution < -0.4 is 11.0 Å². The SMILES string of the molecule is CC.CC.CN(Cc1ccc(-c2cc3ncn(CCC(C(=O)NO)S(C)(=O)=O)c(=O)c3cc2F)cc1)C1CC1. The Labute approximate surface area is 229 Å². The zero-order valence-corrected chi connectivity index (χ0v) is 24.3. The lowest BCUT2D eigenvalue weighted by Crippen LogP contribution is -2.39. The predicted octanol–water partition coefficient (Wildman–Crippen LogP) is 4.16. The number of amides is 1. The van der Waals surface area contributed by atoms with Crippen LogP contribution in [-0.2, 0) is 27.7 Å². The Morgan fingerprint density at radius 1 is 1.18 bits per heavy atom. The highest BCUT2D eigenvalue weighted by Crippen LogP contribution is 2.29. The van der Waals surface area contributed by atoms with Crippen molar-refractivity contribution in [3.8, 4) is 11.1 Å². The summed E-state index contributed by atoms with van der Waals surface area (Å²) in [7, 11) is -1.73. The van der Waals surface area contributed by atoms with Crippen LogP contribution in [0.15, 0.2) is 47.5 Å². The first kappa shape index (κ1) is 32.1. The number of nitrogens with zero attached hydrogens (tertiary/aromatic N) is 3. The van der Waals surface area contributed by atoms with Gasteiger partial charge in [0.15, 0.2) is 9.84 Å². The smallest absolute Gasteiger partial charge is 0.261 e. The van der Waals surface area contributed by atoms with Gasteiger partial charge in [0.05, 0.1) is 17.2 Å². The molecule has 0 aliphatic heterocycles. The van der Waals surface area contributed by atoms with Crippen molar-refractivity contribution >= 4 is 26.6 Å². The molecule has 2 aromatic carbocycles. The van der Waals surface area contributed by atoms with Crippen LogP contribution in [0.4, 0.5) is 4.39 Å². The van der Waals surface area contributed by atoms with E-state index in [1.54, 1.807) is 0 Å². The van der Waals surface area contributed by atoms with E-state index in [0.29, 0.717) is 22.7 Å². The van der Waals surface area contributed by atoms with Crippen molar-refractivity contribution in [2.24, 2.45) is 0 Å². The number of hydrogen-bond donors (Lipinski definition) is 2. The van der Waals surface area contributed by atoms with Crippen LogP contribution in [0.25, 0.3) is 22.0 Å². The van der Waals surface area contributed by atoms with Crippen molar-refractivity contribution in [2.45, 2.75) is 71.3 Å². The molecule has 1 fully saturated rings. The van der Waals surface area contributed by atoms with Crippen LogP contribution >= 0.6 is 0 Å². The molecule has 1 atom stereocenters. The first-order chi connectivity index (χ1) is 18.6. The zero-order valence-electron chi connectivity index (χ0n) is 23.4. The maximum absolute atomic E-state index is 15.0. The number of rotatable bonds is 9. The quantitative estimate of drug-likeness (QED) is 0.297. The van der Waals surface area contributed by atoms with E-state index in [9.17, 15) is 18.0 Å². The van der Waals surface area contributed by atoms with Crippen molar-refractivity contribution in [2.75, 3.05) is 13.3 Å². The molecule has 1 aliphatic rings. The highest BCUT2D eigenvalue weighted by atomic mass is 32.2. The van der Waals surface area contributed by atoms with Crippen LogP contribution in [0.3, 0.4) is 0 Å². The molecule has 3 aromatic rings. The molecule has 1 aromatic heterocycles. The van der Waals surface area contributed by atoms with Gasteiger partial charge >= 0.3 is 0 Å². The zero-order chi connectivity index (χ0) is 29.3. The summed E-state index contributed by atoms with van der Waals surface area (Å²) in [6.07, 6.45) is 4.29. The minimum atomic E-state index is -3.83. The first-order valence-corrected chi connectivity index (χ1v) is 15.1. The van der Waals surface area contributed by atoms with Gasteiger partial charge in [-0.15, -0.1) is 0 Å². The van der Waals surface area contributed by atoms with Crippen molar-refractivity contribution in [1.82, 2.24) is 19.9 Å². The Kier molecular flexibility index (Phi) is 11.8. The Balaban J connectivity index is 0.00000127. The van der Waals surface area contributed by atoms with Crippen molar-refractivity contribution in [1.29, 1.82) is 0 Å². The number of sulfone groups is 1. The lowest BCUT2D eigenvalue weighted by atomic mass is 10.0. The minimum Gasteiger partial charge on any atom is -0.299 e. The fourth-order valence-electron chi connectivity index (χ4n) is 4.15. The number of hydrogen-bond acceptors (Lipinski definition) is 7. The van der Waals surface area contributed by atoms with E-state index in [2.05, 4.69) is 16.9 Å². The maximum atomic E-state index is 15.0. The molecule has 0 saturated heterocycles. The standard InChI is InChI=1S/C24H27FN4O5S.2C2H6/c1-28(17-7-8-17)13-15-3-5-16(6-4-15)18-12-21-19(11-20(18)25)24(31)29(14-26-21)10-9-22(23(30)27-32)35(2,33)34;2*1-2/h3-6,11-12,14,17,22,32H,7-10,13H2,1-2H3,(H,27,30);2*1-2H3. The van der Waals surface area contributed by atoms with Gasteiger partial charge in [-0.2, -0.15) is 0 Å². The lowest BCUT2D eigenvalue weighted by Gasteiger charge is -2.16. The second-order valence-electron chi connectivity index (χ2n) is 9.02. The number of carbonyl (C=O) groups is 1. The van der Waals surface area contributed by atoms with E-state index in [1.165, 1.54) is 30.7 Å². The third-order valence-corrected chi connectivity index (χ3v) is 7.82. The summed E-state index contributed by atoms with van der Waals surface area (Å²) in [5.41, 5.74) is 3.19. The van der Waals surface area contributed by atoms with Gasteiger partial charge in [0.1, 0.15) is 11.1 Å². The van der Waals surface area contributed by atoms with E-state index in [0.717, 1.165) is 29.0 Å². The van der Waals surface area contributed by atoms with Crippen LogP contribution in [0.5, 0.6) is 0 Å². The third-order valence-electron chi connectivity index (χ3n) is 6.33. The van der Waals surface area contributed by atoms with E-state index in [1.807, 2.05) is 52.0 Å². The van der Waals surface area contributed by atoms with Crippen molar-refractivity contribution < 1.29 is 22.8 Å². The third kappa shape index (κ3) is 8.17. The molecule has 11 heteroatoms. The monoisotopic (exact) mass is 562 g/mol. The average molecular weight is 563 g/mol. The second kappa shape index (κ2) is 14.3. The molecule has 4 rings (SSSR count). The normalized spacial score (nSPS) is 13.7. The van der Waals surface area contributed by atoms with Gasteiger partial charge in [0, 0.05) is 31.0 Å². The molecule has 2 N–H and O–H groups in total. The first-order valence-electron chi connectivity index (χ1n) is 13.2. The summed E-state index contributed by atoms with van der Waals surface area (Å²) >= 11 is 0. The second-order valence-corrected chi connectivity index (χ2v) is 11.2. The molecule has 0 radical (unpaired) electrons. The van der Waals surface area contributed by atoms with Crippen LogP contribution in [0, 0.1) is 5.82 Å². The lowest BCUT2D eigenvalue weighted by molar-refractivity contribution is -0.128. The van der Waals surface area contributed by atoms with Gasteiger partial charge in [0.25, 0.3) is 11.5 Å². The molecule has 1 amide bonds. The number of benzene rings is 2. The fourth-order valence-corrected chi connectivity index (χ4v) is 5.12. The van der Waals surface area contributed by atoms with Gasteiger partial charge in [-0.3, -0.25) is 24.3 Å². The van der Waals surface area contributed by atoms with Crippen molar-refractivity contribution in [3.05, 3.63) is 64.5 Å². The highest BCUT2D eigenvalue weighted by Gasteiger charge is 2.29. The van der Waals surface area contributed by atoms with Gasteiger partial charge in [0.2, 0.25) is 0 Å². The van der Waals surface area contributed by atoms with E-state index in [4.69, 9.17) is 5.21 Å². The molecule has 0 spiro atoms. The molecule has 1 unspecified atom stereocenters. The largest absolute Gasteiger partial charge is 0.299 e. The topological polar surface area (TPSA) is 122 Å². The molecule has 0 bridgehead atoms. The summed E-state index contributed by atoms with van der Waals surface area (Å²) in [6.45, 7) is 8.67.